The maximum Gasteiger partial charge on any atom is 0.317 e. The minimum Gasteiger partial charge on any atom is -0.335 e. The summed E-state index contributed by atoms with van der Waals surface area (Å²) in [6, 6.07) is 9.78. The summed E-state index contributed by atoms with van der Waals surface area (Å²) in [5.41, 5.74) is 11.8. The summed E-state index contributed by atoms with van der Waals surface area (Å²) in [5, 5.41) is 3.39. The molecule has 5 heterocycles. The second-order valence-corrected chi connectivity index (χ2v) is 11.0. The van der Waals surface area contributed by atoms with E-state index in [-0.39, 0.29) is 18.1 Å². The Balaban J connectivity index is 1.13. The van der Waals surface area contributed by atoms with Crippen molar-refractivity contribution in [3.63, 3.8) is 0 Å². The molecular formula is C27H37N7O. The lowest BCUT2D eigenvalue weighted by atomic mass is 9.71. The molecule has 35 heavy (non-hydrogen) atoms. The van der Waals surface area contributed by atoms with E-state index < -0.39 is 0 Å². The maximum absolute atomic E-state index is 13.2. The molecule has 0 radical (unpaired) electrons. The molecule has 3 N–H and O–H groups in total. The van der Waals surface area contributed by atoms with Crippen molar-refractivity contribution >= 4 is 6.03 Å². The summed E-state index contributed by atoms with van der Waals surface area (Å²) in [7, 11) is 0. The standard InChI is InChI=1S/C27H37N7O/c1-17-5-3-8-29-25(17)16-33-10-4-6-21(15-33)34-14-20-12-22-24(13-23(20)30-27(34)35)31-32-26(22)19-7-9-28-18(2)11-19/h3,5,7-9,11,20-24,26,31-32H,4,6,10,12-16H2,1-2H3,(H,30,35)/t20?,21-,22?,23?,24?,26?/m1/s1. The Morgan fingerprint density at radius 2 is 1.97 bits per heavy atom. The highest BCUT2D eigenvalue weighted by molar-refractivity contribution is 5.76. The van der Waals surface area contributed by atoms with Crippen molar-refractivity contribution in [2.24, 2.45) is 11.8 Å². The molecule has 0 spiro atoms. The van der Waals surface area contributed by atoms with Crippen molar-refractivity contribution in [2.75, 3.05) is 19.6 Å². The van der Waals surface area contributed by atoms with E-state index in [2.05, 4.69) is 68.0 Å². The van der Waals surface area contributed by atoms with E-state index in [1.807, 2.05) is 18.5 Å². The first kappa shape index (κ1) is 22.9. The molecule has 5 unspecified atom stereocenters. The summed E-state index contributed by atoms with van der Waals surface area (Å²) in [5.74, 6) is 0.999. The van der Waals surface area contributed by atoms with E-state index in [0.717, 1.165) is 63.3 Å². The van der Waals surface area contributed by atoms with Gasteiger partial charge in [0, 0.05) is 55.8 Å². The fraction of sp³-hybridized carbons (Fsp3) is 0.593. The number of nitrogens with zero attached hydrogens (tertiary/aromatic N) is 4. The summed E-state index contributed by atoms with van der Waals surface area (Å²) in [6.07, 6.45) is 8.09. The SMILES string of the molecule is Cc1cc(C2NNC3CC4NC(=O)N([C@@H]5CCCN(Cc6ncccc6C)C5)CC4CC32)ccn1. The summed E-state index contributed by atoms with van der Waals surface area (Å²) < 4.78 is 0. The van der Waals surface area contributed by atoms with Gasteiger partial charge in [0.25, 0.3) is 0 Å². The van der Waals surface area contributed by atoms with Gasteiger partial charge in [-0.05, 0) is 87.2 Å². The highest BCUT2D eigenvalue weighted by atomic mass is 16.2. The van der Waals surface area contributed by atoms with Gasteiger partial charge in [0.1, 0.15) is 0 Å². The van der Waals surface area contributed by atoms with Crippen LogP contribution in [0, 0.1) is 25.7 Å². The topological polar surface area (TPSA) is 85.4 Å². The van der Waals surface area contributed by atoms with Gasteiger partial charge in [0.15, 0.2) is 0 Å². The molecule has 2 amide bonds. The zero-order valence-electron chi connectivity index (χ0n) is 20.8. The van der Waals surface area contributed by atoms with Crippen LogP contribution in [-0.2, 0) is 6.54 Å². The maximum atomic E-state index is 13.2. The number of nitrogens with one attached hydrogen (secondary N) is 3. The molecule has 186 valence electrons. The molecule has 1 saturated carbocycles. The third-order valence-electron chi connectivity index (χ3n) is 8.71. The Labute approximate surface area is 207 Å². The van der Waals surface area contributed by atoms with Crippen LogP contribution in [0.1, 0.15) is 54.2 Å². The zero-order valence-corrected chi connectivity index (χ0v) is 20.8. The van der Waals surface area contributed by atoms with Gasteiger partial charge in [-0.15, -0.1) is 0 Å². The van der Waals surface area contributed by atoms with E-state index in [0.29, 0.717) is 23.9 Å². The minimum absolute atomic E-state index is 0.123. The molecular weight excluding hydrogens is 438 g/mol. The van der Waals surface area contributed by atoms with Crippen LogP contribution in [0.3, 0.4) is 0 Å². The van der Waals surface area contributed by atoms with Gasteiger partial charge in [-0.3, -0.25) is 20.3 Å². The van der Waals surface area contributed by atoms with Crippen LogP contribution in [0.25, 0.3) is 0 Å². The molecule has 1 aliphatic carbocycles. The van der Waals surface area contributed by atoms with Crippen LogP contribution < -0.4 is 16.2 Å². The van der Waals surface area contributed by atoms with E-state index >= 15 is 0 Å². The first-order chi connectivity index (χ1) is 17.0. The van der Waals surface area contributed by atoms with Crippen LogP contribution in [0.5, 0.6) is 0 Å². The number of carbonyl (C=O) groups is 1. The highest BCUT2D eigenvalue weighted by Crippen LogP contribution is 2.42. The second kappa shape index (κ2) is 9.48. The van der Waals surface area contributed by atoms with E-state index in [1.54, 1.807) is 0 Å². The predicted octanol–water partition coefficient (Wildman–Crippen LogP) is 2.70. The molecule has 8 heteroatoms. The van der Waals surface area contributed by atoms with E-state index in [1.165, 1.54) is 11.1 Å². The molecule has 4 aliphatic rings. The Bertz CT molecular complexity index is 1080. The van der Waals surface area contributed by atoms with Crippen molar-refractivity contribution in [1.29, 1.82) is 0 Å². The predicted molar refractivity (Wildman–Crippen MR) is 134 cm³/mol. The van der Waals surface area contributed by atoms with E-state index in [4.69, 9.17) is 0 Å². The van der Waals surface area contributed by atoms with Gasteiger partial charge < -0.3 is 10.2 Å². The third-order valence-corrected chi connectivity index (χ3v) is 8.71. The smallest absolute Gasteiger partial charge is 0.317 e. The number of carbonyl (C=O) groups excluding carboxylic acids is 1. The summed E-state index contributed by atoms with van der Waals surface area (Å²) >= 11 is 0. The number of likely N-dealkylation sites (tertiary alicyclic amines) is 1. The van der Waals surface area contributed by atoms with E-state index in [9.17, 15) is 4.79 Å². The normalized spacial score (nSPS) is 33.2. The molecule has 6 rings (SSSR count). The van der Waals surface area contributed by atoms with Crippen molar-refractivity contribution in [1.82, 2.24) is 35.9 Å². The number of pyridine rings is 2. The Morgan fingerprint density at radius 3 is 2.83 bits per heavy atom. The lowest BCUT2D eigenvalue weighted by Gasteiger charge is -2.49. The molecule has 8 nitrogen and oxygen atoms in total. The van der Waals surface area contributed by atoms with Gasteiger partial charge in [-0.1, -0.05) is 6.07 Å². The number of hydrogen-bond donors (Lipinski definition) is 3. The monoisotopic (exact) mass is 475 g/mol. The quantitative estimate of drug-likeness (QED) is 0.631. The molecule has 3 aliphatic heterocycles. The van der Waals surface area contributed by atoms with Crippen LogP contribution in [0.4, 0.5) is 4.79 Å². The fourth-order valence-electron chi connectivity index (χ4n) is 6.84. The number of fused-ring (bicyclic) bond motifs is 2. The lowest BCUT2D eigenvalue weighted by molar-refractivity contribution is 0.0520. The molecule has 4 fully saturated rings. The number of hydrogen-bond acceptors (Lipinski definition) is 6. The number of rotatable bonds is 4. The third kappa shape index (κ3) is 4.55. The first-order valence-corrected chi connectivity index (χ1v) is 13.2. The second-order valence-electron chi connectivity index (χ2n) is 11.0. The molecule has 3 saturated heterocycles. The Kier molecular flexibility index (Phi) is 6.20. The van der Waals surface area contributed by atoms with Crippen molar-refractivity contribution in [3.8, 4) is 0 Å². The number of amides is 2. The Hall–Kier alpha value is -2.55. The van der Waals surface area contributed by atoms with Crippen LogP contribution in [-0.4, -0.2) is 63.6 Å². The number of piperidine rings is 1. The highest BCUT2D eigenvalue weighted by Gasteiger charge is 2.48. The number of aromatic nitrogens is 2. The molecule has 0 aromatic carbocycles. The van der Waals surface area contributed by atoms with Gasteiger partial charge in [-0.25, -0.2) is 10.2 Å². The van der Waals surface area contributed by atoms with Crippen LogP contribution in [0.2, 0.25) is 0 Å². The zero-order chi connectivity index (χ0) is 23.9. The van der Waals surface area contributed by atoms with Crippen molar-refractivity contribution in [2.45, 2.75) is 70.2 Å². The molecule has 6 atom stereocenters. The average Bonchev–Trinajstić information content (AvgIpc) is 3.26. The fourth-order valence-corrected chi connectivity index (χ4v) is 6.84. The Morgan fingerprint density at radius 1 is 1.06 bits per heavy atom. The van der Waals surface area contributed by atoms with Crippen molar-refractivity contribution in [3.05, 3.63) is 59.2 Å². The number of hydrazine groups is 1. The van der Waals surface area contributed by atoms with Gasteiger partial charge >= 0.3 is 6.03 Å². The largest absolute Gasteiger partial charge is 0.335 e. The number of urea groups is 1. The molecule has 0 bridgehead atoms. The number of aryl methyl sites for hydroxylation is 2. The van der Waals surface area contributed by atoms with Gasteiger partial charge in [0.2, 0.25) is 0 Å². The van der Waals surface area contributed by atoms with Crippen LogP contribution in [0.15, 0.2) is 36.7 Å². The summed E-state index contributed by atoms with van der Waals surface area (Å²) in [4.78, 5) is 26.8. The molecule has 2 aromatic rings. The van der Waals surface area contributed by atoms with Gasteiger partial charge in [0.05, 0.1) is 11.7 Å². The van der Waals surface area contributed by atoms with Gasteiger partial charge in [-0.2, -0.15) is 0 Å². The van der Waals surface area contributed by atoms with Crippen molar-refractivity contribution < 1.29 is 4.79 Å². The average molecular weight is 476 g/mol. The molecule has 2 aromatic heterocycles. The van der Waals surface area contributed by atoms with Crippen LogP contribution >= 0.6 is 0 Å². The first-order valence-electron chi connectivity index (χ1n) is 13.2. The lowest BCUT2D eigenvalue weighted by Crippen LogP contribution is -2.64. The minimum atomic E-state index is 0.123. The summed E-state index contributed by atoms with van der Waals surface area (Å²) in [6.45, 7) is 7.90.